The molecule has 0 aromatic carbocycles. The van der Waals surface area contributed by atoms with E-state index >= 15 is 0 Å². The van der Waals surface area contributed by atoms with Gasteiger partial charge in [-0.05, 0) is 12.8 Å². The number of nitrogens with one attached hydrogen (secondary N) is 2. The minimum Gasteiger partial charge on any atom is -0.338 e. The molecule has 0 bridgehead atoms. The Morgan fingerprint density at radius 2 is 1.56 bits per heavy atom. The van der Waals surface area contributed by atoms with Crippen LogP contribution in [0.1, 0.15) is 12.8 Å². The summed E-state index contributed by atoms with van der Waals surface area (Å²) in [5.41, 5.74) is 0. The summed E-state index contributed by atoms with van der Waals surface area (Å²) in [5, 5.41) is 5.57. The van der Waals surface area contributed by atoms with Crippen molar-refractivity contribution >= 4 is 12.1 Å². The number of urea groups is 2. The Labute approximate surface area is 95.0 Å². The third kappa shape index (κ3) is 2.56. The molecule has 0 radical (unpaired) electrons. The van der Waals surface area contributed by atoms with Crippen molar-refractivity contribution in [3.05, 3.63) is 0 Å². The van der Waals surface area contributed by atoms with Gasteiger partial charge in [-0.15, -0.1) is 0 Å². The number of nitrogens with zero attached hydrogens (tertiary/aromatic N) is 2. The zero-order chi connectivity index (χ0) is 11.4. The van der Waals surface area contributed by atoms with Crippen LogP contribution in [-0.2, 0) is 0 Å². The quantitative estimate of drug-likeness (QED) is 0.698. The predicted octanol–water partition coefficient (Wildman–Crippen LogP) is -0.183. The van der Waals surface area contributed by atoms with Crippen LogP contribution in [0, 0.1) is 0 Å². The number of rotatable bonds is 4. The Bertz CT molecular complexity index is 282. The fourth-order valence-electron chi connectivity index (χ4n) is 2.07. The topological polar surface area (TPSA) is 64.7 Å². The molecule has 6 heteroatoms. The van der Waals surface area contributed by atoms with Gasteiger partial charge in [0.2, 0.25) is 0 Å². The predicted molar refractivity (Wildman–Crippen MR) is 59.2 cm³/mol. The van der Waals surface area contributed by atoms with E-state index in [0.717, 1.165) is 52.1 Å². The molecule has 0 aromatic heterocycles. The second kappa shape index (κ2) is 5.05. The highest BCUT2D eigenvalue weighted by Crippen LogP contribution is 2.03. The molecule has 2 aliphatic heterocycles. The van der Waals surface area contributed by atoms with Gasteiger partial charge in [0, 0.05) is 39.3 Å². The molecule has 16 heavy (non-hydrogen) atoms. The normalized spacial score (nSPS) is 21.0. The molecule has 0 saturated carbocycles. The molecular weight excluding hydrogens is 208 g/mol. The van der Waals surface area contributed by atoms with Crippen LogP contribution < -0.4 is 10.6 Å². The van der Waals surface area contributed by atoms with Gasteiger partial charge >= 0.3 is 12.1 Å². The molecule has 0 spiro atoms. The maximum atomic E-state index is 11.4. The minimum atomic E-state index is 0.0168. The first-order valence-electron chi connectivity index (χ1n) is 5.83. The summed E-state index contributed by atoms with van der Waals surface area (Å²) in [7, 11) is 0. The summed E-state index contributed by atoms with van der Waals surface area (Å²) in [4.78, 5) is 26.3. The van der Waals surface area contributed by atoms with Gasteiger partial charge in [0.1, 0.15) is 0 Å². The van der Waals surface area contributed by atoms with E-state index in [2.05, 4.69) is 10.6 Å². The van der Waals surface area contributed by atoms with Crippen LogP contribution in [0.25, 0.3) is 0 Å². The first-order valence-corrected chi connectivity index (χ1v) is 5.83. The summed E-state index contributed by atoms with van der Waals surface area (Å²) in [6, 6.07) is 0.0419. The molecule has 6 nitrogen and oxygen atoms in total. The molecule has 0 unspecified atom stereocenters. The maximum Gasteiger partial charge on any atom is 0.317 e. The second-order valence-corrected chi connectivity index (χ2v) is 4.15. The van der Waals surface area contributed by atoms with E-state index in [4.69, 9.17) is 0 Å². The Hall–Kier alpha value is -1.46. The third-order valence-electron chi connectivity index (χ3n) is 2.97. The van der Waals surface area contributed by atoms with Gasteiger partial charge < -0.3 is 20.4 Å². The SMILES string of the molecule is O=C1NCCCN1CCCN1CCNC1=O. The molecule has 0 aliphatic carbocycles. The molecule has 2 fully saturated rings. The molecule has 90 valence electrons. The highest BCUT2D eigenvalue weighted by molar-refractivity contribution is 5.76. The van der Waals surface area contributed by atoms with E-state index in [1.807, 2.05) is 4.90 Å². The lowest BCUT2D eigenvalue weighted by Gasteiger charge is -2.28. The number of carbonyl (C=O) groups excluding carboxylic acids is 2. The average molecular weight is 226 g/mol. The van der Waals surface area contributed by atoms with Crippen LogP contribution in [0.15, 0.2) is 0 Å². The zero-order valence-electron chi connectivity index (χ0n) is 9.37. The van der Waals surface area contributed by atoms with Crippen molar-refractivity contribution in [2.24, 2.45) is 0 Å². The highest BCUT2D eigenvalue weighted by atomic mass is 16.2. The van der Waals surface area contributed by atoms with Crippen LogP contribution in [0.3, 0.4) is 0 Å². The van der Waals surface area contributed by atoms with Crippen LogP contribution in [-0.4, -0.2) is 61.1 Å². The van der Waals surface area contributed by atoms with Crippen molar-refractivity contribution in [3.63, 3.8) is 0 Å². The Kier molecular flexibility index (Phi) is 3.48. The second-order valence-electron chi connectivity index (χ2n) is 4.15. The Balaban J connectivity index is 1.67. The first-order chi connectivity index (χ1) is 7.77. The number of carbonyl (C=O) groups is 2. The fourth-order valence-corrected chi connectivity index (χ4v) is 2.07. The summed E-state index contributed by atoms with van der Waals surface area (Å²) in [5.74, 6) is 0. The van der Waals surface area contributed by atoms with E-state index in [1.54, 1.807) is 4.90 Å². The van der Waals surface area contributed by atoms with Crippen LogP contribution in [0.4, 0.5) is 9.59 Å². The Morgan fingerprint density at radius 3 is 2.19 bits per heavy atom. The summed E-state index contributed by atoms with van der Waals surface area (Å²) in [6.07, 6.45) is 1.86. The van der Waals surface area contributed by atoms with Gasteiger partial charge in [0.05, 0.1) is 0 Å². The molecule has 2 aliphatic rings. The van der Waals surface area contributed by atoms with Crippen molar-refractivity contribution in [2.45, 2.75) is 12.8 Å². The van der Waals surface area contributed by atoms with Crippen molar-refractivity contribution in [1.82, 2.24) is 20.4 Å². The van der Waals surface area contributed by atoms with Gasteiger partial charge in [-0.1, -0.05) is 0 Å². The van der Waals surface area contributed by atoms with Crippen molar-refractivity contribution in [2.75, 3.05) is 39.3 Å². The van der Waals surface area contributed by atoms with E-state index < -0.39 is 0 Å². The van der Waals surface area contributed by atoms with E-state index in [1.165, 1.54) is 0 Å². The molecule has 2 N–H and O–H groups in total. The molecule has 0 atom stereocenters. The lowest BCUT2D eigenvalue weighted by atomic mass is 10.3. The van der Waals surface area contributed by atoms with Gasteiger partial charge in [-0.25, -0.2) is 9.59 Å². The Morgan fingerprint density at radius 1 is 0.938 bits per heavy atom. The zero-order valence-corrected chi connectivity index (χ0v) is 9.37. The number of hydrogen-bond donors (Lipinski definition) is 2. The largest absolute Gasteiger partial charge is 0.338 e. The minimum absolute atomic E-state index is 0.0168. The molecule has 2 heterocycles. The number of hydrogen-bond acceptors (Lipinski definition) is 2. The van der Waals surface area contributed by atoms with Gasteiger partial charge in [0.15, 0.2) is 0 Å². The average Bonchev–Trinajstić information content (AvgIpc) is 2.67. The van der Waals surface area contributed by atoms with Crippen molar-refractivity contribution in [1.29, 1.82) is 0 Å². The van der Waals surface area contributed by atoms with Gasteiger partial charge in [-0.3, -0.25) is 0 Å². The third-order valence-corrected chi connectivity index (χ3v) is 2.97. The molecular formula is C10H18N4O2. The number of amides is 4. The molecule has 2 rings (SSSR count). The van der Waals surface area contributed by atoms with Crippen LogP contribution in [0.5, 0.6) is 0 Å². The maximum absolute atomic E-state index is 11.4. The monoisotopic (exact) mass is 226 g/mol. The summed E-state index contributed by atoms with van der Waals surface area (Å²) < 4.78 is 0. The van der Waals surface area contributed by atoms with Gasteiger partial charge in [-0.2, -0.15) is 0 Å². The summed E-state index contributed by atoms with van der Waals surface area (Å²) in [6.45, 7) is 4.60. The fraction of sp³-hybridized carbons (Fsp3) is 0.800. The van der Waals surface area contributed by atoms with Crippen LogP contribution in [0.2, 0.25) is 0 Å². The smallest absolute Gasteiger partial charge is 0.317 e. The van der Waals surface area contributed by atoms with E-state index in [9.17, 15) is 9.59 Å². The first kappa shape index (κ1) is 11.0. The molecule has 2 saturated heterocycles. The van der Waals surface area contributed by atoms with Crippen LogP contribution >= 0.6 is 0 Å². The highest BCUT2D eigenvalue weighted by Gasteiger charge is 2.20. The summed E-state index contributed by atoms with van der Waals surface area (Å²) >= 11 is 0. The lowest BCUT2D eigenvalue weighted by Crippen LogP contribution is -2.47. The van der Waals surface area contributed by atoms with Crippen molar-refractivity contribution < 1.29 is 9.59 Å². The van der Waals surface area contributed by atoms with E-state index in [-0.39, 0.29) is 12.1 Å². The molecule has 4 amide bonds. The van der Waals surface area contributed by atoms with E-state index in [0.29, 0.717) is 0 Å². The van der Waals surface area contributed by atoms with Crippen molar-refractivity contribution in [3.8, 4) is 0 Å². The van der Waals surface area contributed by atoms with Gasteiger partial charge in [0.25, 0.3) is 0 Å². The lowest BCUT2D eigenvalue weighted by molar-refractivity contribution is 0.181. The standard InChI is InChI=1S/C10H18N4O2/c15-9-11-3-1-5-13(9)6-2-7-14-8-4-12-10(14)16/h1-8H2,(H,11,15)(H,12,16). The molecule has 0 aromatic rings.